The highest BCUT2D eigenvalue weighted by molar-refractivity contribution is 7.90. The molecule has 0 saturated heterocycles. The van der Waals surface area contributed by atoms with Crippen LogP contribution in [-0.2, 0) is 14.6 Å². The normalized spacial score (nSPS) is 11.2. The molecule has 72 valence electrons. The molecule has 0 radical (unpaired) electrons. The largest absolute Gasteiger partial charge is 0.286 e. The van der Waals surface area contributed by atoms with E-state index >= 15 is 0 Å². The first-order chi connectivity index (χ1) is 5.33. The van der Waals surface area contributed by atoms with E-state index in [1.54, 1.807) is 0 Å². The van der Waals surface area contributed by atoms with E-state index in [1.165, 1.54) is 6.92 Å². The van der Waals surface area contributed by atoms with Gasteiger partial charge in [0.1, 0.15) is 9.84 Å². The second-order valence-corrected chi connectivity index (χ2v) is 4.89. The molecule has 0 aliphatic carbocycles. The number of sulfone groups is 1. The third-order valence-corrected chi connectivity index (χ3v) is 2.28. The summed E-state index contributed by atoms with van der Waals surface area (Å²) in [6, 6.07) is 0. The quantitative estimate of drug-likeness (QED) is 0.492. The van der Waals surface area contributed by atoms with Crippen molar-refractivity contribution in [1.82, 2.24) is 5.06 Å². The fourth-order valence-corrected chi connectivity index (χ4v) is 1.29. The smallest absolute Gasteiger partial charge is 0.242 e. The van der Waals surface area contributed by atoms with Crippen LogP contribution in [0.15, 0.2) is 0 Å². The first kappa shape index (κ1) is 11.4. The molecule has 5 nitrogen and oxygen atoms in total. The molecule has 0 fully saturated rings. The van der Waals surface area contributed by atoms with Crippen LogP contribution in [-0.4, -0.2) is 43.1 Å². The molecule has 0 rings (SSSR count). The summed E-state index contributed by atoms with van der Waals surface area (Å²) in [5, 5.41) is 9.32. The SMILES string of the molecule is CC(=O)N(O)CCCS(C)(=O)=O. The zero-order valence-electron chi connectivity index (χ0n) is 7.15. The van der Waals surface area contributed by atoms with Gasteiger partial charge in [0.15, 0.2) is 0 Å². The fraction of sp³-hybridized carbons (Fsp3) is 0.833. The Kier molecular flexibility index (Phi) is 4.19. The molecule has 0 bridgehead atoms. The first-order valence-corrected chi connectivity index (χ1v) is 5.53. The Morgan fingerprint density at radius 3 is 2.33 bits per heavy atom. The van der Waals surface area contributed by atoms with Crippen molar-refractivity contribution in [3.05, 3.63) is 0 Å². The highest BCUT2D eigenvalue weighted by atomic mass is 32.2. The van der Waals surface area contributed by atoms with Crippen LogP contribution in [0.1, 0.15) is 13.3 Å². The molecule has 0 atom stereocenters. The Labute approximate surface area is 71.9 Å². The van der Waals surface area contributed by atoms with Crippen molar-refractivity contribution in [1.29, 1.82) is 0 Å². The van der Waals surface area contributed by atoms with E-state index < -0.39 is 15.7 Å². The molecule has 0 spiro atoms. The summed E-state index contributed by atoms with van der Waals surface area (Å²) in [6.07, 6.45) is 1.37. The van der Waals surface area contributed by atoms with Gasteiger partial charge in [-0.25, -0.2) is 13.5 Å². The summed E-state index contributed by atoms with van der Waals surface area (Å²) in [5.41, 5.74) is 0. The van der Waals surface area contributed by atoms with Crippen LogP contribution in [0.4, 0.5) is 0 Å². The minimum absolute atomic E-state index is 0.0165. The number of nitrogens with zero attached hydrogens (tertiary/aromatic N) is 1. The molecule has 0 unspecified atom stereocenters. The average Bonchev–Trinajstić information content (AvgIpc) is 1.84. The fourth-order valence-electron chi connectivity index (χ4n) is 0.634. The second kappa shape index (κ2) is 4.42. The summed E-state index contributed by atoms with van der Waals surface area (Å²) in [5.74, 6) is -0.499. The molecule has 0 aromatic carbocycles. The first-order valence-electron chi connectivity index (χ1n) is 3.47. The molecular weight excluding hydrogens is 182 g/mol. The van der Waals surface area contributed by atoms with E-state index in [4.69, 9.17) is 5.21 Å². The van der Waals surface area contributed by atoms with Gasteiger partial charge in [0.25, 0.3) is 0 Å². The van der Waals surface area contributed by atoms with Gasteiger partial charge < -0.3 is 0 Å². The minimum Gasteiger partial charge on any atom is -0.286 e. The number of amides is 1. The van der Waals surface area contributed by atoms with Gasteiger partial charge in [0.2, 0.25) is 5.91 Å². The van der Waals surface area contributed by atoms with Crippen molar-refractivity contribution < 1.29 is 18.4 Å². The molecule has 0 aliphatic rings. The van der Waals surface area contributed by atoms with Gasteiger partial charge in [0.05, 0.1) is 5.75 Å². The standard InChI is InChI=1S/C6H13NO4S/c1-6(8)7(9)4-3-5-12(2,10)11/h9H,3-5H2,1-2H3. The third kappa shape index (κ3) is 6.11. The van der Waals surface area contributed by atoms with Crippen molar-refractivity contribution in [2.75, 3.05) is 18.6 Å². The van der Waals surface area contributed by atoms with Crippen molar-refractivity contribution in [3.8, 4) is 0 Å². The Morgan fingerprint density at radius 2 is 2.00 bits per heavy atom. The number of hydrogen-bond donors (Lipinski definition) is 1. The van der Waals surface area contributed by atoms with Gasteiger partial charge in [-0.2, -0.15) is 0 Å². The van der Waals surface area contributed by atoms with Crippen molar-refractivity contribution in [3.63, 3.8) is 0 Å². The van der Waals surface area contributed by atoms with E-state index in [-0.39, 0.29) is 18.7 Å². The van der Waals surface area contributed by atoms with Crippen molar-refractivity contribution in [2.24, 2.45) is 0 Å². The van der Waals surface area contributed by atoms with Crippen LogP contribution in [0.3, 0.4) is 0 Å². The Morgan fingerprint density at radius 1 is 1.50 bits per heavy atom. The van der Waals surface area contributed by atoms with Gasteiger partial charge in [0, 0.05) is 19.7 Å². The number of hydroxylamine groups is 2. The lowest BCUT2D eigenvalue weighted by atomic mass is 10.4. The maximum atomic E-state index is 10.6. The second-order valence-electron chi connectivity index (χ2n) is 2.63. The molecule has 1 N–H and O–H groups in total. The number of hydrogen-bond acceptors (Lipinski definition) is 4. The lowest BCUT2D eigenvalue weighted by molar-refractivity contribution is -0.162. The van der Waals surface area contributed by atoms with Crippen molar-refractivity contribution >= 4 is 15.7 Å². The topological polar surface area (TPSA) is 74.7 Å². The summed E-state index contributed by atoms with van der Waals surface area (Å²) in [6.45, 7) is 1.27. The molecule has 1 amide bonds. The van der Waals surface area contributed by atoms with E-state index in [9.17, 15) is 13.2 Å². The van der Waals surface area contributed by atoms with Crippen LogP contribution < -0.4 is 0 Å². The van der Waals surface area contributed by atoms with E-state index in [0.29, 0.717) is 5.06 Å². The number of rotatable bonds is 4. The van der Waals surface area contributed by atoms with Crippen molar-refractivity contribution in [2.45, 2.75) is 13.3 Å². The molecule has 12 heavy (non-hydrogen) atoms. The number of carbonyl (C=O) groups excluding carboxylic acids is 1. The predicted molar refractivity (Wildman–Crippen MR) is 43.5 cm³/mol. The van der Waals surface area contributed by atoms with E-state index in [0.717, 1.165) is 6.26 Å². The molecule has 6 heteroatoms. The van der Waals surface area contributed by atoms with Gasteiger partial charge in [-0.05, 0) is 6.42 Å². The molecule has 0 aromatic rings. The Bertz CT molecular complexity index is 246. The van der Waals surface area contributed by atoms with E-state index in [1.807, 2.05) is 0 Å². The van der Waals surface area contributed by atoms with Crippen LogP contribution >= 0.6 is 0 Å². The number of carbonyl (C=O) groups is 1. The zero-order chi connectivity index (χ0) is 9.78. The maximum absolute atomic E-state index is 10.6. The van der Waals surface area contributed by atoms with E-state index in [2.05, 4.69) is 0 Å². The molecule has 0 heterocycles. The zero-order valence-corrected chi connectivity index (χ0v) is 7.97. The lowest BCUT2D eigenvalue weighted by Crippen LogP contribution is -2.26. The van der Waals surface area contributed by atoms with Gasteiger partial charge in [-0.1, -0.05) is 0 Å². The molecule has 0 aromatic heterocycles. The summed E-state index contributed by atoms with van der Waals surface area (Å²) in [7, 11) is -2.99. The average molecular weight is 195 g/mol. The maximum Gasteiger partial charge on any atom is 0.242 e. The molecular formula is C6H13NO4S. The third-order valence-electron chi connectivity index (χ3n) is 1.25. The van der Waals surface area contributed by atoms with Crippen LogP contribution in [0.2, 0.25) is 0 Å². The lowest BCUT2D eigenvalue weighted by Gasteiger charge is -2.10. The Balaban J connectivity index is 3.65. The summed E-state index contributed by atoms with van der Waals surface area (Å²) < 4.78 is 21.2. The molecule has 0 saturated carbocycles. The molecule has 0 aliphatic heterocycles. The van der Waals surface area contributed by atoms with Crippen LogP contribution in [0, 0.1) is 0 Å². The predicted octanol–water partition coefficient (Wildman–Crippen LogP) is -0.341. The van der Waals surface area contributed by atoms with Gasteiger partial charge in [-0.3, -0.25) is 10.0 Å². The van der Waals surface area contributed by atoms with Crippen LogP contribution in [0.25, 0.3) is 0 Å². The highest BCUT2D eigenvalue weighted by Gasteiger charge is 2.06. The minimum atomic E-state index is -2.99. The Hall–Kier alpha value is -0.620. The highest BCUT2D eigenvalue weighted by Crippen LogP contribution is 1.92. The van der Waals surface area contributed by atoms with Crippen LogP contribution in [0.5, 0.6) is 0 Å². The van der Waals surface area contributed by atoms with Gasteiger partial charge >= 0.3 is 0 Å². The summed E-state index contributed by atoms with van der Waals surface area (Å²) >= 11 is 0. The van der Waals surface area contributed by atoms with Gasteiger partial charge in [-0.15, -0.1) is 0 Å². The monoisotopic (exact) mass is 195 g/mol. The summed E-state index contributed by atoms with van der Waals surface area (Å²) in [4.78, 5) is 10.4.